The van der Waals surface area contributed by atoms with Crippen LogP contribution >= 0.6 is 0 Å². The van der Waals surface area contributed by atoms with Crippen molar-refractivity contribution in [2.75, 3.05) is 12.4 Å². The van der Waals surface area contributed by atoms with E-state index < -0.39 is 17.4 Å². The van der Waals surface area contributed by atoms with Gasteiger partial charge in [0.25, 0.3) is 5.91 Å². The van der Waals surface area contributed by atoms with E-state index in [4.69, 9.17) is 16.2 Å². The Bertz CT molecular complexity index is 899. The third-order valence-electron chi connectivity index (χ3n) is 3.79. The third-order valence-corrected chi connectivity index (χ3v) is 3.79. The summed E-state index contributed by atoms with van der Waals surface area (Å²) >= 11 is 0. The van der Waals surface area contributed by atoms with Gasteiger partial charge in [0, 0.05) is 18.0 Å². The van der Waals surface area contributed by atoms with Gasteiger partial charge in [-0.15, -0.1) is 0 Å². The zero-order valence-electron chi connectivity index (χ0n) is 13.9. The second kappa shape index (κ2) is 6.81. The van der Waals surface area contributed by atoms with Gasteiger partial charge in [-0.3, -0.25) is 15.5 Å². The first-order valence-electron chi connectivity index (χ1n) is 7.62. The van der Waals surface area contributed by atoms with Crippen molar-refractivity contribution >= 4 is 17.6 Å². The molecule has 2 heterocycles. The molecule has 26 heavy (non-hydrogen) atoms. The number of nitrogens with zero attached hydrogens (tertiary/aromatic N) is 2. The molecule has 3 rings (SSSR count). The second-order valence-electron chi connectivity index (χ2n) is 5.48. The van der Waals surface area contributed by atoms with Gasteiger partial charge in [0.15, 0.2) is 17.4 Å². The van der Waals surface area contributed by atoms with E-state index >= 15 is 0 Å². The smallest absolute Gasteiger partial charge is 0.274 e. The molecule has 1 aromatic heterocycles. The predicted molar refractivity (Wildman–Crippen MR) is 95.0 cm³/mol. The van der Waals surface area contributed by atoms with E-state index in [-0.39, 0.29) is 17.2 Å². The van der Waals surface area contributed by atoms with Gasteiger partial charge in [-0.2, -0.15) is 0 Å². The largest absolute Gasteiger partial charge is 0.495 e. The standard InChI is InChI=1S/C17H17FN6O2/c1-26-13-6-5-10(17(20)14(18)9-22-16(19)24-17)8-12(13)23-15(25)11-4-2-3-7-21-11/h2-9H,20H2,1H3,(H,23,25)(H3,19,22,24). The Balaban J connectivity index is 1.98. The van der Waals surface area contributed by atoms with Gasteiger partial charge in [-0.25, -0.2) is 9.38 Å². The van der Waals surface area contributed by atoms with Crippen LogP contribution in [0.2, 0.25) is 0 Å². The van der Waals surface area contributed by atoms with Crippen molar-refractivity contribution in [1.82, 2.24) is 10.3 Å². The Labute approximate surface area is 148 Å². The Morgan fingerprint density at radius 3 is 2.85 bits per heavy atom. The van der Waals surface area contributed by atoms with Gasteiger partial charge in [-0.1, -0.05) is 12.1 Å². The number of aromatic nitrogens is 1. The van der Waals surface area contributed by atoms with Gasteiger partial charge in [-0.05, 0) is 24.3 Å². The quantitative estimate of drug-likeness (QED) is 0.651. The van der Waals surface area contributed by atoms with Crippen molar-refractivity contribution in [2.24, 2.45) is 16.5 Å². The van der Waals surface area contributed by atoms with E-state index in [9.17, 15) is 9.18 Å². The molecule has 1 aliphatic rings. The van der Waals surface area contributed by atoms with Crippen LogP contribution in [0.4, 0.5) is 10.1 Å². The number of carbonyl (C=O) groups is 1. The van der Waals surface area contributed by atoms with E-state index in [1.807, 2.05) is 0 Å². The van der Waals surface area contributed by atoms with Crippen molar-refractivity contribution in [3.63, 3.8) is 0 Å². The van der Waals surface area contributed by atoms with E-state index in [0.717, 1.165) is 6.20 Å². The molecule has 8 nitrogen and oxygen atoms in total. The van der Waals surface area contributed by atoms with Crippen LogP contribution < -0.4 is 26.8 Å². The number of guanidine groups is 1. The fourth-order valence-corrected chi connectivity index (χ4v) is 2.45. The zero-order valence-corrected chi connectivity index (χ0v) is 13.9. The lowest BCUT2D eigenvalue weighted by Crippen LogP contribution is -2.44. The molecule has 1 amide bonds. The summed E-state index contributed by atoms with van der Waals surface area (Å²) in [6.45, 7) is 0. The molecule has 0 saturated heterocycles. The molecular formula is C17H17FN6O2. The number of nitrogens with one attached hydrogen (secondary N) is 2. The highest BCUT2D eigenvalue weighted by Gasteiger charge is 2.36. The molecule has 1 aromatic carbocycles. The predicted octanol–water partition coefficient (Wildman–Crippen LogP) is 1.18. The monoisotopic (exact) mass is 356 g/mol. The molecule has 1 aliphatic heterocycles. The highest BCUT2D eigenvalue weighted by Crippen LogP contribution is 2.35. The third kappa shape index (κ3) is 3.20. The summed E-state index contributed by atoms with van der Waals surface area (Å²) in [6.07, 6.45) is 2.54. The van der Waals surface area contributed by atoms with Crippen LogP contribution in [-0.4, -0.2) is 24.0 Å². The van der Waals surface area contributed by atoms with E-state index in [1.54, 1.807) is 30.3 Å². The number of carbonyl (C=O) groups excluding carboxylic acids is 1. The summed E-state index contributed by atoms with van der Waals surface area (Å²) in [4.78, 5) is 20.3. The minimum Gasteiger partial charge on any atom is -0.495 e. The van der Waals surface area contributed by atoms with E-state index in [2.05, 4.69) is 20.6 Å². The number of anilines is 1. The number of pyridine rings is 1. The fourth-order valence-electron chi connectivity index (χ4n) is 2.45. The average Bonchev–Trinajstić information content (AvgIpc) is 2.65. The number of ether oxygens (including phenoxy) is 1. The lowest BCUT2D eigenvalue weighted by atomic mass is 9.98. The van der Waals surface area contributed by atoms with Crippen molar-refractivity contribution in [3.8, 4) is 5.75 Å². The number of benzene rings is 1. The van der Waals surface area contributed by atoms with Crippen molar-refractivity contribution in [1.29, 1.82) is 0 Å². The summed E-state index contributed by atoms with van der Waals surface area (Å²) in [6, 6.07) is 9.54. The molecule has 1 unspecified atom stereocenters. The number of nitrogens with two attached hydrogens (primary N) is 2. The van der Waals surface area contributed by atoms with Gasteiger partial charge >= 0.3 is 0 Å². The summed E-state index contributed by atoms with van der Waals surface area (Å²) < 4.78 is 19.6. The summed E-state index contributed by atoms with van der Waals surface area (Å²) in [5.74, 6) is -0.823. The van der Waals surface area contributed by atoms with Gasteiger partial charge in [0.05, 0.1) is 12.8 Å². The fraction of sp³-hybridized carbons (Fsp3) is 0.118. The highest BCUT2D eigenvalue weighted by molar-refractivity contribution is 6.03. The Hall–Kier alpha value is -3.46. The number of aliphatic imine (C=N–C) groups is 1. The first-order chi connectivity index (χ1) is 12.4. The SMILES string of the molecule is COc1ccc(C2(N)N=C(N)NC=C2F)cc1NC(=O)c1ccccn1. The van der Waals surface area contributed by atoms with Crippen molar-refractivity contribution < 1.29 is 13.9 Å². The van der Waals surface area contributed by atoms with Crippen LogP contribution in [0.3, 0.4) is 0 Å². The summed E-state index contributed by atoms with van der Waals surface area (Å²) in [7, 11) is 1.45. The second-order valence-corrected chi connectivity index (χ2v) is 5.48. The molecule has 0 radical (unpaired) electrons. The number of hydrogen-bond donors (Lipinski definition) is 4. The molecule has 0 fully saturated rings. The normalized spacial score (nSPS) is 19.0. The number of methoxy groups -OCH3 is 1. The molecule has 1 atom stereocenters. The van der Waals surface area contributed by atoms with Gasteiger partial charge in [0.2, 0.25) is 0 Å². The van der Waals surface area contributed by atoms with Crippen molar-refractivity contribution in [2.45, 2.75) is 5.66 Å². The molecule has 0 aliphatic carbocycles. The molecule has 0 saturated carbocycles. The summed E-state index contributed by atoms with van der Waals surface area (Å²) in [5, 5.41) is 5.14. The van der Waals surface area contributed by atoms with E-state index in [1.165, 1.54) is 19.4 Å². The maximum Gasteiger partial charge on any atom is 0.274 e. The first kappa shape index (κ1) is 17.4. The molecule has 0 spiro atoms. The van der Waals surface area contributed by atoms with Crippen LogP contribution in [0.25, 0.3) is 0 Å². The maximum atomic E-state index is 14.3. The van der Waals surface area contributed by atoms with Crippen LogP contribution in [0.1, 0.15) is 16.1 Å². The number of hydrogen-bond acceptors (Lipinski definition) is 7. The van der Waals surface area contributed by atoms with Crippen LogP contribution in [-0.2, 0) is 5.66 Å². The van der Waals surface area contributed by atoms with E-state index in [0.29, 0.717) is 11.4 Å². The summed E-state index contributed by atoms with van der Waals surface area (Å²) in [5.41, 5.74) is 10.7. The van der Waals surface area contributed by atoms with Gasteiger partial charge in [0.1, 0.15) is 11.4 Å². The Morgan fingerprint density at radius 2 is 2.15 bits per heavy atom. The zero-order chi connectivity index (χ0) is 18.7. The Morgan fingerprint density at radius 1 is 1.35 bits per heavy atom. The molecule has 2 aromatic rings. The lowest BCUT2D eigenvalue weighted by molar-refractivity contribution is 0.102. The molecule has 6 N–H and O–H groups in total. The average molecular weight is 356 g/mol. The molecular weight excluding hydrogens is 339 g/mol. The van der Waals surface area contributed by atoms with Crippen LogP contribution in [0, 0.1) is 0 Å². The lowest BCUT2D eigenvalue weighted by Gasteiger charge is -2.28. The maximum absolute atomic E-state index is 14.3. The number of halogens is 1. The molecule has 134 valence electrons. The Kier molecular flexibility index (Phi) is 4.55. The minimum absolute atomic E-state index is 0.0243. The van der Waals surface area contributed by atoms with Crippen LogP contribution in [0.5, 0.6) is 5.75 Å². The topological polar surface area (TPSA) is 128 Å². The first-order valence-corrected chi connectivity index (χ1v) is 7.62. The van der Waals surface area contributed by atoms with Gasteiger partial charge < -0.3 is 21.1 Å². The minimum atomic E-state index is -1.80. The number of rotatable bonds is 4. The van der Waals surface area contributed by atoms with Crippen molar-refractivity contribution in [3.05, 3.63) is 65.9 Å². The number of amides is 1. The molecule has 0 bridgehead atoms. The van der Waals surface area contributed by atoms with Crippen LogP contribution in [0.15, 0.2) is 59.6 Å². The highest BCUT2D eigenvalue weighted by atomic mass is 19.1. The molecule has 9 heteroatoms.